The Bertz CT molecular complexity index is 340. The number of hydrogen-bond acceptors (Lipinski definition) is 2. The maximum Gasteiger partial charge on any atom is 0.329 e. The zero-order valence-corrected chi connectivity index (χ0v) is 11.8. The van der Waals surface area contributed by atoms with Crippen LogP contribution in [0.5, 0.6) is 0 Å². The Morgan fingerprint density at radius 1 is 1.32 bits per heavy atom. The van der Waals surface area contributed by atoms with Crippen LogP contribution < -0.4 is 0 Å². The van der Waals surface area contributed by atoms with E-state index in [0.29, 0.717) is 18.8 Å². The summed E-state index contributed by atoms with van der Waals surface area (Å²) < 4.78 is 0. The SMILES string of the molecule is CCCC1CCCC(C(=O)O)(N(C=O)C2CC2)CC1. The molecular weight excluding hydrogens is 242 g/mol. The molecule has 19 heavy (non-hydrogen) atoms. The summed E-state index contributed by atoms with van der Waals surface area (Å²) >= 11 is 0. The van der Waals surface area contributed by atoms with Gasteiger partial charge in [0.05, 0.1) is 0 Å². The van der Waals surface area contributed by atoms with E-state index in [-0.39, 0.29) is 6.04 Å². The molecule has 0 aromatic rings. The van der Waals surface area contributed by atoms with Crippen LogP contribution in [-0.2, 0) is 9.59 Å². The van der Waals surface area contributed by atoms with E-state index in [0.717, 1.165) is 44.9 Å². The van der Waals surface area contributed by atoms with Crippen LogP contribution in [0.3, 0.4) is 0 Å². The van der Waals surface area contributed by atoms with Gasteiger partial charge >= 0.3 is 5.97 Å². The number of carboxylic acid groups (broad SMARTS) is 1. The van der Waals surface area contributed by atoms with Gasteiger partial charge in [-0.1, -0.05) is 32.6 Å². The molecule has 108 valence electrons. The molecule has 4 nitrogen and oxygen atoms in total. The first-order chi connectivity index (χ1) is 9.14. The van der Waals surface area contributed by atoms with Crippen LogP contribution in [-0.4, -0.2) is 34.0 Å². The monoisotopic (exact) mass is 267 g/mol. The number of carbonyl (C=O) groups excluding carboxylic acids is 1. The van der Waals surface area contributed by atoms with E-state index >= 15 is 0 Å². The van der Waals surface area contributed by atoms with E-state index < -0.39 is 11.5 Å². The van der Waals surface area contributed by atoms with Crippen LogP contribution in [0, 0.1) is 5.92 Å². The summed E-state index contributed by atoms with van der Waals surface area (Å²) in [4.78, 5) is 24.8. The fraction of sp³-hybridized carbons (Fsp3) is 0.867. The highest BCUT2D eigenvalue weighted by molar-refractivity contribution is 5.81. The van der Waals surface area contributed by atoms with Gasteiger partial charge in [0.15, 0.2) is 0 Å². The van der Waals surface area contributed by atoms with Gasteiger partial charge in [0.1, 0.15) is 5.54 Å². The van der Waals surface area contributed by atoms with Gasteiger partial charge in [-0.05, 0) is 38.0 Å². The first kappa shape index (κ1) is 14.4. The maximum atomic E-state index is 11.8. The highest BCUT2D eigenvalue weighted by atomic mass is 16.4. The molecular formula is C15H25NO3. The van der Waals surface area contributed by atoms with Crippen molar-refractivity contribution < 1.29 is 14.7 Å². The van der Waals surface area contributed by atoms with Crippen LogP contribution in [0.2, 0.25) is 0 Å². The third-order valence-corrected chi connectivity index (χ3v) is 4.81. The Labute approximate surface area is 115 Å². The second-order valence-electron chi connectivity index (χ2n) is 6.17. The van der Waals surface area contributed by atoms with Crippen LogP contribution in [0.25, 0.3) is 0 Å². The van der Waals surface area contributed by atoms with Crippen molar-refractivity contribution in [1.82, 2.24) is 4.90 Å². The van der Waals surface area contributed by atoms with Gasteiger partial charge in [-0.2, -0.15) is 0 Å². The first-order valence-corrected chi connectivity index (χ1v) is 7.61. The summed E-state index contributed by atoms with van der Waals surface area (Å²) in [6.45, 7) is 2.18. The number of rotatable bonds is 6. The minimum atomic E-state index is -0.925. The van der Waals surface area contributed by atoms with Crippen molar-refractivity contribution in [1.29, 1.82) is 0 Å². The third kappa shape index (κ3) is 2.93. The molecule has 4 heteroatoms. The third-order valence-electron chi connectivity index (χ3n) is 4.81. The molecule has 0 spiro atoms. The van der Waals surface area contributed by atoms with Gasteiger partial charge < -0.3 is 10.0 Å². The van der Waals surface area contributed by atoms with Crippen LogP contribution in [0.15, 0.2) is 0 Å². The topological polar surface area (TPSA) is 57.6 Å². The van der Waals surface area contributed by atoms with Crippen LogP contribution in [0.4, 0.5) is 0 Å². The van der Waals surface area contributed by atoms with Crippen molar-refractivity contribution in [3.8, 4) is 0 Å². The number of carboxylic acids is 1. The Kier molecular flexibility index (Phi) is 4.48. The van der Waals surface area contributed by atoms with E-state index in [4.69, 9.17) is 0 Å². The summed E-state index contributed by atoms with van der Waals surface area (Å²) in [5.74, 6) is -0.164. The molecule has 1 N–H and O–H groups in total. The van der Waals surface area contributed by atoms with Crippen molar-refractivity contribution in [3.63, 3.8) is 0 Å². The second-order valence-corrected chi connectivity index (χ2v) is 6.17. The molecule has 0 bridgehead atoms. The molecule has 2 rings (SSSR count). The van der Waals surface area contributed by atoms with E-state index in [1.165, 1.54) is 6.42 Å². The van der Waals surface area contributed by atoms with Gasteiger partial charge in [0.25, 0.3) is 0 Å². The molecule has 0 saturated heterocycles. The number of amides is 1. The summed E-state index contributed by atoms with van der Waals surface area (Å²) in [5.41, 5.74) is -0.925. The smallest absolute Gasteiger partial charge is 0.329 e. The number of aliphatic carboxylic acids is 1. The molecule has 0 aromatic heterocycles. The average molecular weight is 267 g/mol. The first-order valence-electron chi connectivity index (χ1n) is 7.61. The molecule has 2 aliphatic carbocycles. The Morgan fingerprint density at radius 3 is 2.58 bits per heavy atom. The van der Waals surface area contributed by atoms with Gasteiger partial charge in [-0.3, -0.25) is 4.79 Å². The molecule has 0 heterocycles. The Hall–Kier alpha value is -1.06. The number of hydrogen-bond donors (Lipinski definition) is 1. The minimum Gasteiger partial charge on any atom is -0.479 e. The van der Waals surface area contributed by atoms with E-state index in [1.54, 1.807) is 4.90 Å². The highest BCUT2D eigenvalue weighted by Crippen LogP contribution is 2.41. The van der Waals surface area contributed by atoms with Crippen molar-refractivity contribution >= 4 is 12.4 Å². The molecule has 2 fully saturated rings. The van der Waals surface area contributed by atoms with Crippen molar-refractivity contribution in [2.24, 2.45) is 5.92 Å². The maximum absolute atomic E-state index is 11.8. The molecule has 2 aliphatic rings. The molecule has 0 radical (unpaired) electrons. The highest BCUT2D eigenvalue weighted by Gasteiger charge is 2.49. The Balaban J connectivity index is 2.14. The van der Waals surface area contributed by atoms with Crippen LogP contribution in [0.1, 0.15) is 64.7 Å². The van der Waals surface area contributed by atoms with Crippen molar-refractivity contribution in [3.05, 3.63) is 0 Å². The second kappa shape index (κ2) is 5.93. The lowest BCUT2D eigenvalue weighted by atomic mass is 9.87. The lowest BCUT2D eigenvalue weighted by molar-refractivity contribution is -0.157. The molecule has 2 unspecified atom stereocenters. The zero-order chi connectivity index (χ0) is 13.9. The van der Waals surface area contributed by atoms with Gasteiger partial charge in [-0.15, -0.1) is 0 Å². The number of nitrogens with zero attached hydrogens (tertiary/aromatic N) is 1. The summed E-state index contributed by atoms with van der Waals surface area (Å²) in [5, 5.41) is 9.71. The van der Waals surface area contributed by atoms with Crippen LogP contribution >= 0.6 is 0 Å². The summed E-state index contributed by atoms with van der Waals surface area (Å²) in [6, 6.07) is 0.177. The molecule has 2 saturated carbocycles. The standard InChI is InChI=1S/C15H25NO3/c1-2-4-12-5-3-9-15(10-8-12,14(18)19)16(11-17)13-6-7-13/h11-13H,2-10H2,1H3,(H,18,19). The normalized spacial score (nSPS) is 31.5. The van der Waals surface area contributed by atoms with Crippen molar-refractivity contribution in [2.45, 2.75) is 76.3 Å². The van der Waals surface area contributed by atoms with Gasteiger partial charge in [-0.25, -0.2) is 4.79 Å². The number of carbonyl (C=O) groups is 2. The fourth-order valence-corrected chi connectivity index (χ4v) is 3.56. The lowest BCUT2D eigenvalue weighted by Gasteiger charge is -2.38. The minimum absolute atomic E-state index is 0.177. The fourth-order valence-electron chi connectivity index (χ4n) is 3.56. The van der Waals surface area contributed by atoms with Crippen molar-refractivity contribution in [2.75, 3.05) is 0 Å². The molecule has 0 aliphatic heterocycles. The zero-order valence-electron chi connectivity index (χ0n) is 11.8. The predicted octanol–water partition coefficient (Wildman–Crippen LogP) is 2.81. The lowest BCUT2D eigenvalue weighted by Crippen LogP contribution is -2.55. The largest absolute Gasteiger partial charge is 0.479 e. The summed E-state index contributed by atoms with van der Waals surface area (Å²) in [7, 11) is 0. The molecule has 1 amide bonds. The van der Waals surface area contributed by atoms with E-state index in [1.807, 2.05) is 0 Å². The average Bonchev–Trinajstić information content (AvgIpc) is 3.19. The van der Waals surface area contributed by atoms with E-state index in [2.05, 4.69) is 6.92 Å². The predicted molar refractivity (Wildman–Crippen MR) is 72.8 cm³/mol. The Morgan fingerprint density at radius 2 is 2.05 bits per heavy atom. The van der Waals surface area contributed by atoms with E-state index in [9.17, 15) is 14.7 Å². The molecule has 2 atom stereocenters. The van der Waals surface area contributed by atoms with Gasteiger partial charge in [0, 0.05) is 6.04 Å². The van der Waals surface area contributed by atoms with Gasteiger partial charge in [0.2, 0.25) is 6.41 Å². The molecule has 0 aromatic carbocycles. The summed E-state index contributed by atoms with van der Waals surface area (Å²) in [6.07, 6.45) is 9.28. The quantitative estimate of drug-likeness (QED) is 0.594.